The zero-order chi connectivity index (χ0) is 13.3. The number of aromatic nitrogens is 4. The van der Waals surface area contributed by atoms with Crippen LogP contribution in [0.4, 0.5) is 0 Å². The lowest BCUT2D eigenvalue weighted by Gasteiger charge is -2.07. The Morgan fingerprint density at radius 3 is 2.83 bits per heavy atom. The van der Waals surface area contributed by atoms with Crippen LogP contribution in [0.25, 0.3) is 0 Å². The number of hydrogen-bond donors (Lipinski definition) is 1. The van der Waals surface area contributed by atoms with Crippen LogP contribution in [0.2, 0.25) is 0 Å². The highest BCUT2D eigenvalue weighted by molar-refractivity contribution is 9.10. The molecule has 0 amide bonds. The van der Waals surface area contributed by atoms with Crippen LogP contribution in [0.1, 0.15) is 24.1 Å². The number of aryl methyl sites for hydroxylation is 2. The van der Waals surface area contributed by atoms with Crippen LogP contribution in [0, 0.1) is 0 Å². The van der Waals surface area contributed by atoms with Gasteiger partial charge in [0.05, 0.1) is 22.4 Å². The van der Waals surface area contributed by atoms with Gasteiger partial charge in [-0.05, 0) is 22.4 Å². The minimum absolute atomic E-state index is 0.300. The number of halogens is 1. The van der Waals surface area contributed by atoms with Crippen molar-refractivity contribution >= 4 is 33.1 Å². The van der Waals surface area contributed by atoms with Crippen LogP contribution < -0.4 is 5.73 Å². The molecule has 0 aliphatic carbocycles. The first kappa shape index (κ1) is 13.2. The van der Waals surface area contributed by atoms with E-state index in [1.165, 1.54) is 0 Å². The number of rotatable bonds is 4. The summed E-state index contributed by atoms with van der Waals surface area (Å²) in [6, 6.07) is 0. The maximum Gasteiger partial charge on any atom is 0.167 e. The van der Waals surface area contributed by atoms with Gasteiger partial charge in [0.15, 0.2) is 5.82 Å². The van der Waals surface area contributed by atoms with E-state index < -0.39 is 0 Å². The van der Waals surface area contributed by atoms with Crippen molar-refractivity contribution in [3.8, 4) is 0 Å². The van der Waals surface area contributed by atoms with Gasteiger partial charge in [0.1, 0.15) is 4.99 Å². The minimum Gasteiger partial charge on any atom is -0.387 e. The van der Waals surface area contributed by atoms with Crippen molar-refractivity contribution in [1.29, 1.82) is 0 Å². The van der Waals surface area contributed by atoms with Crippen LogP contribution in [-0.4, -0.2) is 24.3 Å². The maximum atomic E-state index is 5.63. The molecule has 2 N–H and O–H groups in total. The highest BCUT2D eigenvalue weighted by Crippen LogP contribution is 2.22. The number of nitrogens with two attached hydrogens (primary N) is 1. The van der Waals surface area contributed by atoms with E-state index >= 15 is 0 Å². The fourth-order valence-corrected chi connectivity index (χ4v) is 2.73. The van der Waals surface area contributed by atoms with Crippen LogP contribution in [0.3, 0.4) is 0 Å². The summed E-state index contributed by atoms with van der Waals surface area (Å²) in [4.78, 5) is 4.45. The Balaban J connectivity index is 2.37. The number of nitrogens with zero attached hydrogens (tertiary/aromatic N) is 4. The Morgan fingerprint density at radius 2 is 2.28 bits per heavy atom. The van der Waals surface area contributed by atoms with Crippen molar-refractivity contribution in [2.75, 3.05) is 0 Å². The van der Waals surface area contributed by atoms with Gasteiger partial charge in [-0.25, -0.2) is 4.98 Å². The van der Waals surface area contributed by atoms with Crippen LogP contribution in [0.5, 0.6) is 0 Å². The van der Waals surface area contributed by atoms with Gasteiger partial charge >= 0.3 is 0 Å². The summed E-state index contributed by atoms with van der Waals surface area (Å²) in [7, 11) is 1.93. The van der Waals surface area contributed by atoms with Crippen molar-refractivity contribution in [3.05, 3.63) is 34.1 Å². The molecule has 2 heterocycles. The monoisotopic (exact) mass is 327 g/mol. The Kier molecular flexibility index (Phi) is 3.82. The zero-order valence-electron chi connectivity index (χ0n) is 10.2. The molecule has 0 saturated heterocycles. The van der Waals surface area contributed by atoms with E-state index in [9.17, 15) is 0 Å². The van der Waals surface area contributed by atoms with E-state index in [-0.39, 0.29) is 0 Å². The lowest BCUT2D eigenvalue weighted by atomic mass is 10.3. The van der Waals surface area contributed by atoms with Crippen LogP contribution in [-0.2, 0) is 20.0 Å². The lowest BCUT2D eigenvalue weighted by Crippen LogP contribution is -2.18. The Labute approximate surface area is 119 Å². The first-order chi connectivity index (χ1) is 8.54. The van der Waals surface area contributed by atoms with Gasteiger partial charge in [-0.2, -0.15) is 5.10 Å². The van der Waals surface area contributed by atoms with Crippen molar-refractivity contribution in [3.63, 3.8) is 0 Å². The molecule has 7 heteroatoms. The smallest absolute Gasteiger partial charge is 0.167 e. The normalized spacial score (nSPS) is 10.8. The molecule has 18 heavy (non-hydrogen) atoms. The molecule has 2 aromatic heterocycles. The van der Waals surface area contributed by atoms with E-state index in [0.29, 0.717) is 17.4 Å². The second-order valence-electron chi connectivity index (χ2n) is 3.93. The van der Waals surface area contributed by atoms with Crippen LogP contribution in [0.15, 0.2) is 16.9 Å². The van der Waals surface area contributed by atoms with E-state index in [1.54, 1.807) is 6.20 Å². The molecular weight excluding hydrogens is 314 g/mol. The van der Waals surface area contributed by atoms with Crippen molar-refractivity contribution in [1.82, 2.24) is 19.3 Å². The minimum atomic E-state index is 0.300. The van der Waals surface area contributed by atoms with Gasteiger partial charge in [0.2, 0.25) is 0 Å². The second kappa shape index (κ2) is 5.19. The Morgan fingerprint density at radius 1 is 1.56 bits per heavy atom. The molecule has 0 radical (unpaired) electrons. The maximum absolute atomic E-state index is 5.63. The summed E-state index contributed by atoms with van der Waals surface area (Å²) in [5, 5.41) is 4.46. The largest absolute Gasteiger partial charge is 0.387 e. The highest BCUT2D eigenvalue weighted by atomic mass is 79.9. The summed E-state index contributed by atoms with van der Waals surface area (Å²) in [5.74, 6) is 0.621. The first-order valence-corrected chi connectivity index (χ1v) is 6.75. The zero-order valence-corrected chi connectivity index (χ0v) is 12.6. The quantitative estimate of drug-likeness (QED) is 0.867. The number of thiocarbonyl (C=S) groups is 1. The summed E-state index contributed by atoms with van der Waals surface area (Å²) in [5.41, 5.74) is 7.75. The second-order valence-corrected chi connectivity index (χ2v) is 5.16. The molecule has 0 aliphatic heterocycles. The Hall–Kier alpha value is -1.21. The fourth-order valence-electron chi connectivity index (χ4n) is 1.81. The topological polar surface area (TPSA) is 61.7 Å². The van der Waals surface area contributed by atoms with E-state index in [1.807, 2.05) is 22.5 Å². The van der Waals surface area contributed by atoms with Crippen molar-refractivity contribution < 1.29 is 0 Å². The van der Waals surface area contributed by atoms with Crippen molar-refractivity contribution in [2.45, 2.75) is 19.9 Å². The molecule has 0 fully saturated rings. The third-order valence-electron chi connectivity index (χ3n) is 2.76. The van der Waals surface area contributed by atoms with Gasteiger partial charge in [-0.1, -0.05) is 19.1 Å². The molecule has 0 aliphatic rings. The van der Waals surface area contributed by atoms with E-state index in [2.05, 4.69) is 32.9 Å². The molecule has 0 bridgehead atoms. The van der Waals surface area contributed by atoms with Crippen molar-refractivity contribution in [2.24, 2.45) is 12.8 Å². The average Bonchev–Trinajstić information content (AvgIpc) is 2.88. The molecule has 0 aromatic carbocycles. The molecule has 0 saturated carbocycles. The molecule has 0 atom stereocenters. The first-order valence-electron chi connectivity index (χ1n) is 5.55. The third kappa shape index (κ3) is 2.32. The Bertz CT molecular complexity index is 586. The van der Waals surface area contributed by atoms with E-state index in [4.69, 9.17) is 18.0 Å². The summed E-state index contributed by atoms with van der Waals surface area (Å²) in [6.07, 6.45) is 4.44. The average molecular weight is 328 g/mol. The van der Waals surface area contributed by atoms with Crippen LogP contribution >= 0.6 is 28.1 Å². The molecule has 2 rings (SSSR count). The lowest BCUT2D eigenvalue weighted by molar-refractivity contribution is 0.657. The van der Waals surface area contributed by atoms with Gasteiger partial charge in [0.25, 0.3) is 0 Å². The summed E-state index contributed by atoms with van der Waals surface area (Å²) >= 11 is 8.56. The highest BCUT2D eigenvalue weighted by Gasteiger charge is 2.14. The van der Waals surface area contributed by atoms with Gasteiger partial charge in [-0.3, -0.25) is 4.68 Å². The standard InChI is InChI=1S/C11H14BrN5S/c1-3-7-9(12)8(16(2)15-7)6-17-5-4-14-11(17)10(13)18/h4-5H,3,6H2,1-2H3,(H2,13,18). The molecule has 2 aromatic rings. The van der Waals surface area contributed by atoms with E-state index in [0.717, 1.165) is 22.3 Å². The fraction of sp³-hybridized carbons (Fsp3) is 0.364. The number of hydrogen-bond acceptors (Lipinski definition) is 3. The third-order valence-corrected chi connectivity index (χ3v) is 3.86. The van der Waals surface area contributed by atoms with Gasteiger partial charge in [0, 0.05) is 19.4 Å². The molecule has 96 valence electrons. The summed E-state index contributed by atoms with van der Waals surface area (Å²) in [6.45, 7) is 2.71. The molecule has 0 unspecified atom stereocenters. The molecular formula is C11H14BrN5S. The predicted molar refractivity (Wildman–Crippen MR) is 77.5 cm³/mol. The number of imidazole rings is 1. The summed E-state index contributed by atoms with van der Waals surface area (Å²) < 4.78 is 4.82. The van der Waals surface area contributed by atoms with Gasteiger partial charge in [-0.15, -0.1) is 0 Å². The SMILES string of the molecule is CCc1nn(C)c(Cn2ccnc2C(N)=S)c1Br. The predicted octanol–water partition coefficient (Wildman–Crippen LogP) is 1.62. The molecule has 0 spiro atoms. The molecule has 5 nitrogen and oxygen atoms in total. The van der Waals surface area contributed by atoms with Gasteiger partial charge < -0.3 is 10.3 Å².